The zero-order valence-corrected chi connectivity index (χ0v) is 13.0. The standard InChI is InChI=1S/C14H25N5O/c1-9(2)6-7-19(5)14(20)12-11(18-15)8-16-13(17-12)10(3)4/h8-10,18H,6-7,15H2,1-5H3. The normalized spacial score (nSPS) is 11.0. The van der Waals surface area contributed by atoms with Crippen LogP contribution in [0.4, 0.5) is 5.69 Å². The largest absolute Gasteiger partial charge is 0.340 e. The summed E-state index contributed by atoms with van der Waals surface area (Å²) in [5, 5.41) is 0. The number of hydrazine groups is 1. The van der Waals surface area contributed by atoms with Crippen LogP contribution in [0.3, 0.4) is 0 Å². The second-order valence-corrected chi connectivity index (χ2v) is 5.70. The van der Waals surface area contributed by atoms with Gasteiger partial charge in [-0.2, -0.15) is 0 Å². The van der Waals surface area contributed by atoms with Crippen molar-refractivity contribution in [3.8, 4) is 0 Å². The van der Waals surface area contributed by atoms with Gasteiger partial charge in [0.2, 0.25) is 0 Å². The van der Waals surface area contributed by atoms with E-state index in [9.17, 15) is 4.79 Å². The molecule has 0 radical (unpaired) electrons. The van der Waals surface area contributed by atoms with Gasteiger partial charge in [-0.05, 0) is 12.3 Å². The molecular weight excluding hydrogens is 254 g/mol. The summed E-state index contributed by atoms with van der Waals surface area (Å²) in [4.78, 5) is 22.7. The molecule has 112 valence electrons. The molecule has 0 aliphatic heterocycles. The van der Waals surface area contributed by atoms with Gasteiger partial charge in [0, 0.05) is 19.5 Å². The molecule has 0 atom stereocenters. The van der Waals surface area contributed by atoms with Gasteiger partial charge >= 0.3 is 0 Å². The first-order valence-corrected chi connectivity index (χ1v) is 6.95. The maximum atomic E-state index is 12.5. The number of rotatable bonds is 6. The van der Waals surface area contributed by atoms with E-state index in [-0.39, 0.29) is 11.8 Å². The summed E-state index contributed by atoms with van der Waals surface area (Å²) in [6, 6.07) is 0. The molecule has 1 aromatic rings. The molecule has 0 fully saturated rings. The summed E-state index contributed by atoms with van der Waals surface area (Å²) in [5.74, 6) is 6.65. The number of nitrogens with two attached hydrogens (primary N) is 1. The maximum Gasteiger partial charge on any atom is 0.274 e. The molecule has 20 heavy (non-hydrogen) atoms. The predicted octanol–water partition coefficient (Wildman–Crippen LogP) is 2.00. The van der Waals surface area contributed by atoms with Crippen LogP contribution in [-0.2, 0) is 0 Å². The summed E-state index contributed by atoms with van der Waals surface area (Å²) in [6.45, 7) is 8.93. The average molecular weight is 279 g/mol. The predicted molar refractivity (Wildman–Crippen MR) is 80.3 cm³/mol. The molecule has 0 aromatic carbocycles. The molecule has 1 rings (SSSR count). The van der Waals surface area contributed by atoms with Crippen molar-refractivity contribution in [1.29, 1.82) is 0 Å². The second-order valence-electron chi connectivity index (χ2n) is 5.70. The Hall–Kier alpha value is -1.69. The lowest BCUT2D eigenvalue weighted by Crippen LogP contribution is -2.31. The minimum Gasteiger partial charge on any atom is -0.340 e. The van der Waals surface area contributed by atoms with Crippen LogP contribution in [0.25, 0.3) is 0 Å². The van der Waals surface area contributed by atoms with Gasteiger partial charge in [0.15, 0.2) is 5.69 Å². The summed E-state index contributed by atoms with van der Waals surface area (Å²) in [6.07, 6.45) is 2.52. The fourth-order valence-corrected chi connectivity index (χ4v) is 1.68. The SMILES string of the molecule is CC(C)CCN(C)C(=O)c1nc(C(C)C)ncc1NN. The number of carbonyl (C=O) groups is 1. The van der Waals surface area contributed by atoms with E-state index in [0.717, 1.165) is 6.42 Å². The van der Waals surface area contributed by atoms with E-state index in [1.165, 1.54) is 0 Å². The number of anilines is 1. The maximum absolute atomic E-state index is 12.5. The number of hydrogen-bond donors (Lipinski definition) is 2. The first-order valence-electron chi connectivity index (χ1n) is 6.95. The molecule has 0 aliphatic carbocycles. The van der Waals surface area contributed by atoms with Crippen molar-refractivity contribution in [2.24, 2.45) is 11.8 Å². The van der Waals surface area contributed by atoms with Crippen LogP contribution in [0.2, 0.25) is 0 Å². The van der Waals surface area contributed by atoms with E-state index in [4.69, 9.17) is 5.84 Å². The number of hydrogen-bond acceptors (Lipinski definition) is 5. The average Bonchev–Trinajstić information content (AvgIpc) is 2.42. The van der Waals surface area contributed by atoms with Crippen molar-refractivity contribution in [2.75, 3.05) is 19.0 Å². The molecule has 0 saturated heterocycles. The molecule has 3 N–H and O–H groups in total. The van der Waals surface area contributed by atoms with E-state index in [0.29, 0.717) is 29.7 Å². The van der Waals surface area contributed by atoms with Crippen LogP contribution in [-0.4, -0.2) is 34.4 Å². The highest BCUT2D eigenvalue weighted by atomic mass is 16.2. The first-order chi connectivity index (χ1) is 9.36. The zero-order valence-electron chi connectivity index (χ0n) is 13.0. The molecule has 0 aliphatic rings. The lowest BCUT2D eigenvalue weighted by atomic mass is 10.1. The third-order valence-corrected chi connectivity index (χ3v) is 3.07. The van der Waals surface area contributed by atoms with Crippen LogP contribution in [0.1, 0.15) is 56.3 Å². The van der Waals surface area contributed by atoms with Crippen molar-refractivity contribution in [2.45, 2.75) is 40.0 Å². The van der Waals surface area contributed by atoms with Crippen LogP contribution in [0.5, 0.6) is 0 Å². The first kappa shape index (κ1) is 16.4. The highest BCUT2D eigenvalue weighted by Gasteiger charge is 2.19. The molecule has 6 nitrogen and oxygen atoms in total. The Morgan fingerprint density at radius 2 is 2.05 bits per heavy atom. The van der Waals surface area contributed by atoms with Crippen molar-refractivity contribution in [3.05, 3.63) is 17.7 Å². The number of aromatic nitrogens is 2. The van der Waals surface area contributed by atoms with Crippen LogP contribution >= 0.6 is 0 Å². The Bertz CT molecular complexity index is 459. The third-order valence-electron chi connectivity index (χ3n) is 3.07. The number of carbonyl (C=O) groups excluding carboxylic acids is 1. The Balaban J connectivity index is 2.97. The molecule has 1 aromatic heterocycles. The Morgan fingerprint density at radius 1 is 1.40 bits per heavy atom. The third kappa shape index (κ3) is 4.16. The van der Waals surface area contributed by atoms with Crippen molar-refractivity contribution >= 4 is 11.6 Å². The molecule has 0 bridgehead atoms. The lowest BCUT2D eigenvalue weighted by molar-refractivity contribution is 0.0784. The van der Waals surface area contributed by atoms with Crippen molar-refractivity contribution in [3.63, 3.8) is 0 Å². The fraction of sp³-hybridized carbons (Fsp3) is 0.643. The summed E-state index contributed by atoms with van der Waals surface area (Å²) in [5.41, 5.74) is 3.28. The van der Waals surface area contributed by atoms with Crippen LogP contribution in [0.15, 0.2) is 6.20 Å². The van der Waals surface area contributed by atoms with E-state index >= 15 is 0 Å². The summed E-state index contributed by atoms with van der Waals surface area (Å²) >= 11 is 0. The molecule has 0 saturated carbocycles. The monoisotopic (exact) mass is 279 g/mol. The fourth-order valence-electron chi connectivity index (χ4n) is 1.68. The topological polar surface area (TPSA) is 84.1 Å². The summed E-state index contributed by atoms with van der Waals surface area (Å²) < 4.78 is 0. The molecule has 6 heteroatoms. The number of nitrogen functional groups attached to an aromatic ring is 1. The Labute approximate surface area is 120 Å². The quantitative estimate of drug-likeness (QED) is 0.614. The van der Waals surface area contributed by atoms with Crippen LogP contribution < -0.4 is 11.3 Å². The van der Waals surface area contributed by atoms with Gasteiger partial charge in [-0.15, -0.1) is 0 Å². The van der Waals surface area contributed by atoms with E-state index in [1.54, 1.807) is 18.1 Å². The smallest absolute Gasteiger partial charge is 0.274 e. The van der Waals surface area contributed by atoms with Gasteiger partial charge in [-0.3, -0.25) is 10.6 Å². The zero-order chi connectivity index (χ0) is 15.3. The number of nitrogens with one attached hydrogen (secondary N) is 1. The highest BCUT2D eigenvalue weighted by molar-refractivity contribution is 5.97. The van der Waals surface area contributed by atoms with Gasteiger partial charge in [-0.1, -0.05) is 27.7 Å². The van der Waals surface area contributed by atoms with Gasteiger partial charge in [-0.25, -0.2) is 9.97 Å². The molecule has 0 spiro atoms. The molecule has 1 amide bonds. The Morgan fingerprint density at radius 3 is 2.55 bits per heavy atom. The van der Waals surface area contributed by atoms with Gasteiger partial charge in [0.1, 0.15) is 5.82 Å². The molecular formula is C14H25N5O. The van der Waals surface area contributed by atoms with E-state index in [2.05, 4.69) is 29.2 Å². The van der Waals surface area contributed by atoms with Gasteiger partial charge < -0.3 is 10.3 Å². The van der Waals surface area contributed by atoms with Gasteiger partial charge in [0.05, 0.1) is 11.9 Å². The van der Waals surface area contributed by atoms with E-state index < -0.39 is 0 Å². The summed E-state index contributed by atoms with van der Waals surface area (Å²) in [7, 11) is 1.78. The number of amides is 1. The molecule has 0 unspecified atom stereocenters. The van der Waals surface area contributed by atoms with E-state index in [1.807, 2.05) is 13.8 Å². The van der Waals surface area contributed by atoms with Crippen molar-refractivity contribution < 1.29 is 4.79 Å². The molecule has 1 heterocycles. The number of nitrogens with zero attached hydrogens (tertiary/aromatic N) is 3. The van der Waals surface area contributed by atoms with Crippen molar-refractivity contribution in [1.82, 2.24) is 14.9 Å². The second kappa shape index (κ2) is 7.19. The van der Waals surface area contributed by atoms with Gasteiger partial charge in [0.25, 0.3) is 5.91 Å². The lowest BCUT2D eigenvalue weighted by Gasteiger charge is -2.19. The minimum atomic E-state index is -0.136. The van der Waals surface area contributed by atoms with Crippen LogP contribution in [0, 0.1) is 5.92 Å². The Kier molecular flexibility index (Phi) is 5.88. The minimum absolute atomic E-state index is 0.136. The highest BCUT2D eigenvalue weighted by Crippen LogP contribution is 2.17.